The van der Waals surface area contributed by atoms with E-state index in [1.807, 2.05) is 0 Å². The van der Waals surface area contributed by atoms with Gasteiger partial charge in [-0.05, 0) is 11.5 Å². The van der Waals surface area contributed by atoms with Crippen molar-refractivity contribution in [3.05, 3.63) is 41.5 Å². The number of fused-ring (bicyclic) bond motifs is 1. The van der Waals surface area contributed by atoms with E-state index in [1.54, 1.807) is 0 Å². The minimum absolute atomic E-state index is 0. The molecule has 0 bridgehead atoms. The zero-order valence-electron chi connectivity index (χ0n) is 9.77. The molecular weight excluding hydrogens is 334 g/mol. The summed E-state index contributed by atoms with van der Waals surface area (Å²) in [6, 6.07) is 6.09. The van der Waals surface area contributed by atoms with Crippen molar-refractivity contribution in [1.29, 1.82) is 0 Å². The first kappa shape index (κ1) is 21.6. The van der Waals surface area contributed by atoms with Crippen LogP contribution in [0, 0.1) is 0 Å². The molecule has 0 saturated carbocycles. The Kier molecular flexibility index (Phi) is 7.73. The average Bonchev–Trinajstić information content (AvgIpc) is 2.34. The first-order valence-corrected chi connectivity index (χ1v) is 6.67. The van der Waals surface area contributed by atoms with E-state index < -0.39 is 38.1 Å². The molecule has 0 spiro atoms. The number of carbonyl (C=O) groups is 2. The monoisotopic (exact) mass is 344 g/mol. The zero-order chi connectivity index (χ0) is 15.1. The number of rotatable bonds is 3. The second-order valence-corrected chi connectivity index (χ2v) is 5.32. The molecule has 10 heteroatoms. The minimum atomic E-state index is -4.68. The Hall–Kier alpha value is -0.450. The number of carboxylic acids is 2. The van der Waals surface area contributed by atoms with Gasteiger partial charge in [0.15, 0.2) is 0 Å². The van der Waals surface area contributed by atoms with Crippen molar-refractivity contribution in [2.45, 2.75) is 4.90 Å². The van der Waals surface area contributed by atoms with Crippen molar-refractivity contribution < 1.29 is 32.8 Å². The molecule has 0 fully saturated rings. The van der Waals surface area contributed by atoms with Crippen LogP contribution in [0.4, 0.5) is 0 Å². The molecule has 0 aliphatic carbocycles. The van der Waals surface area contributed by atoms with E-state index in [9.17, 15) is 18.0 Å². The predicted molar refractivity (Wildman–Crippen MR) is 82.0 cm³/mol. The summed E-state index contributed by atoms with van der Waals surface area (Å²) >= 11 is 0. The van der Waals surface area contributed by atoms with Crippen molar-refractivity contribution in [2.75, 3.05) is 0 Å². The molecule has 0 unspecified atom stereocenters. The topological polar surface area (TPSA) is 129 Å². The van der Waals surface area contributed by atoms with Gasteiger partial charge in [0.25, 0.3) is 10.1 Å². The first-order valence-electron chi connectivity index (χ1n) is 5.23. The van der Waals surface area contributed by atoms with Crippen LogP contribution in [-0.2, 0) is 10.1 Å². The van der Waals surface area contributed by atoms with Gasteiger partial charge >= 0.3 is 71.1 Å². The fourth-order valence-corrected chi connectivity index (χ4v) is 2.68. The molecule has 7 nitrogen and oxygen atoms in total. The van der Waals surface area contributed by atoms with Gasteiger partial charge in [-0.1, -0.05) is 24.3 Å². The second kappa shape index (κ2) is 7.89. The van der Waals surface area contributed by atoms with Gasteiger partial charge in [0.05, 0.1) is 11.1 Å². The summed E-state index contributed by atoms with van der Waals surface area (Å²) in [6.07, 6.45) is 0. The third-order valence-corrected chi connectivity index (χ3v) is 3.62. The molecule has 22 heavy (non-hydrogen) atoms. The van der Waals surface area contributed by atoms with Crippen LogP contribution in [0.2, 0.25) is 0 Å². The third kappa shape index (κ3) is 4.09. The van der Waals surface area contributed by atoms with E-state index in [0.717, 1.165) is 0 Å². The van der Waals surface area contributed by atoms with Gasteiger partial charge in [0, 0.05) is 5.39 Å². The number of benzene rings is 2. The normalized spacial score (nSPS) is 10.4. The Labute approximate surface area is 169 Å². The van der Waals surface area contributed by atoms with Crippen molar-refractivity contribution >= 4 is 91.9 Å². The summed E-state index contributed by atoms with van der Waals surface area (Å²) in [5.41, 5.74) is -1.23. The molecule has 0 radical (unpaired) electrons. The summed E-state index contributed by atoms with van der Waals surface area (Å²) in [5, 5.41) is 18.0. The molecule has 0 atom stereocenters. The molecular formula is C12H10Na2O7S. The van der Waals surface area contributed by atoms with Crippen LogP contribution in [0.1, 0.15) is 20.7 Å². The molecule has 0 aliphatic heterocycles. The Morgan fingerprint density at radius 1 is 0.909 bits per heavy atom. The van der Waals surface area contributed by atoms with E-state index in [0.29, 0.717) is 6.07 Å². The van der Waals surface area contributed by atoms with Crippen LogP contribution in [-0.4, -0.2) is 94.2 Å². The van der Waals surface area contributed by atoms with Gasteiger partial charge in [0.2, 0.25) is 0 Å². The van der Waals surface area contributed by atoms with Crippen LogP contribution < -0.4 is 0 Å². The first-order chi connectivity index (χ1) is 9.23. The molecule has 3 N–H and O–H groups in total. The SMILES string of the molecule is O=C(O)c1cc(S(=O)(=O)O)c2ccccc2c1C(=O)O.[NaH].[NaH]. The quantitative estimate of drug-likeness (QED) is 0.535. The van der Waals surface area contributed by atoms with E-state index in [1.165, 1.54) is 24.3 Å². The van der Waals surface area contributed by atoms with Crippen molar-refractivity contribution in [3.63, 3.8) is 0 Å². The standard InChI is InChI=1S/C12H8O7S.2Na.2H/c13-11(14)8-5-9(20(17,18)19)6-3-1-2-4-7(6)10(8)12(15)16;;;;/h1-5H,(H,13,14)(H,15,16)(H,17,18,19);;;;. The van der Waals surface area contributed by atoms with E-state index in [-0.39, 0.29) is 69.9 Å². The summed E-state index contributed by atoms with van der Waals surface area (Å²) < 4.78 is 31.8. The molecule has 0 aliphatic rings. The number of hydrogen-bond donors (Lipinski definition) is 3. The maximum absolute atomic E-state index is 11.3. The zero-order valence-corrected chi connectivity index (χ0v) is 10.6. The van der Waals surface area contributed by atoms with E-state index in [4.69, 9.17) is 14.8 Å². The molecule has 2 rings (SSSR count). The third-order valence-electron chi connectivity index (χ3n) is 2.73. The van der Waals surface area contributed by atoms with Crippen molar-refractivity contribution in [3.8, 4) is 0 Å². The Morgan fingerprint density at radius 3 is 1.82 bits per heavy atom. The molecule has 2 aromatic rings. The van der Waals surface area contributed by atoms with Crippen LogP contribution in [0.25, 0.3) is 10.8 Å². The van der Waals surface area contributed by atoms with Crippen molar-refractivity contribution in [1.82, 2.24) is 0 Å². The molecule has 0 saturated heterocycles. The van der Waals surface area contributed by atoms with Gasteiger partial charge in [-0.2, -0.15) is 8.42 Å². The van der Waals surface area contributed by atoms with Crippen molar-refractivity contribution in [2.24, 2.45) is 0 Å². The average molecular weight is 344 g/mol. The van der Waals surface area contributed by atoms with Gasteiger partial charge in [-0.15, -0.1) is 0 Å². The number of hydrogen-bond acceptors (Lipinski definition) is 4. The summed E-state index contributed by atoms with van der Waals surface area (Å²) in [4.78, 5) is 21.7. The van der Waals surface area contributed by atoms with Gasteiger partial charge in [0.1, 0.15) is 4.90 Å². The Bertz CT molecular complexity index is 846. The second-order valence-electron chi connectivity index (χ2n) is 3.93. The number of carboxylic acid groups (broad SMARTS) is 2. The van der Waals surface area contributed by atoms with Gasteiger partial charge in [-0.3, -0.25) is 4.55 Å². The molecule has 2 aromatic carbocycles. The molecule has 0 amide bonds. The molecule has 0 heterocycles. The Morgan fingerprint density at radius 2 is 1.41 bits per heavy atom. The van der Waals surface area contributed by atoms with Crippen LogP contribution in [0.3, 0.4) is 0 Å². The fraction of sp³-hybridized carbons (Fsp3) is 0. The van der Waals surface area contributed by atoms with Crippen LogP contribution in [0.5, 0.6) is 0 Å². The number of aromatic carboxylic acids is 2. The van der Waals surface area contributed by atoms with E-state index in [2.05, 4.69) is 0 Å². The molecule has 0 aromatic heterocycles. The van der Waals surface area contributed by atoms with Gasteiger partial charge < -0.3 is 10.2 Å². The van der Waals surface area contributed by atoms with Crippen LogP contribution >= 0.6 is 0 Å². The fourth-order valence-electron chi connectivity index (χ4n) is 1.95. The van der Waals surface area contributed by atoms with Gasteiger partial charge in [-0.25, -0.2) is 9.59 Å². The summed E-state index contributed by atoms with van der Waals surface area (Å²) in [6.45, 7) is 0. The summed E-state index contributed by atoms with van der Waals surface area (Å²) in [5.74, 6) is -3.10. The summed E-state index contributed by atoms with van der Waals surface area (Å²) in [7, 11) is -4.68. The maximum atomic E-state index is 11.3. The Balaban J connectivity index is 0.00000220. The van der Waals surface area contributed by atoms with Crippen LogP contribution in [0.15, 0.2) is 35.2 Å². The predicted octanol–water partition coefficient (Wildman–Crippen LogP) is 0.186. The van der Waals surface area contributed by atoms with E-state index >= 15 is 0 Å². The molecule has 108 valence electrons.